The summed E-state index contributed by atoms with van der Waals surface area (Å²) < 4.78 is 37.3. The van der Waals surface area contributed by atoms with Gasteiger partial charge in [0.15, 0.2) is 0 Å². The van der Waals surface area contributed by atoms with Crippen LogP contribution < -0.4 is 5.32 Å². The van der Waals surface area contributed by atoms with Crippen LogP contribution in [0.15, 0.2) is 30.5 Å². The van der Waals surface area contributed by atoms with Gasteiger partial charge in [-0.2, -0.15) is 13.2 Å². The minimum atomic E-state index is -4.29. The minimum Gasteiger partial charge on any atom is -0.312 e. The second-order valence-corrected chi connectivity index (χ2v) is 5.10. The molecule has 19 heavy (non-hydrogen) atoms. The second-order valence-electron chi connectivity index (χ2n) is 3.99. The summed E-state index contributed by atoms with van der Waals surface area (Å²) in [4.78, 5) is 5.29. The molecule has 2 aromatic rings. The molecule has 0 atom stereocenters. The third-order valence-corrected chi connectivity index (χ3v) is 3.61. The van der Waals surface area contributed by atoms with Gasteiger partial charge in [-0.15, -0.1) is 11.3 Å². The molecule has 0 saturated carbocycles. The van der Waals surface area contributed by atoms with Gasteiger partial charge in [0.2, 0.25) is 0 Å². The van der Waals surface area contributed by atoms with E-state index in [1.54, 1.807) is 6.20 Å². The Hall–Kier alpha value is -1.40. The number of hydrogen-bond acceptors (Lipinski definition) is 3. The van der Waals surface area contributed by atoms with Crippen molar-refractivity contribution in [2.75, 3.05) is 6.54 Å². The van der Waals surface area contributed by atoms with Crippen LogP contribution in [0, 0.1) is 0 Å². The Morgan fingerprint density at radius 2 is 1.89 bits per heavy atom. The van der Waals surface area contributed by atoms with Crippen molar-refractivity contribution in [1.29, 1.82) is 0 Å². The lowest BCUT2D eigenvalue weighted by Crippen LogP contribution is -2.10. The first-order valence-electron chi connectivity index (χ1n) is 5.83. The second kappa shape index (κ2) is 5.71. The van der Waals surface area contributed by atoms with Crippen molar-refractivity contribution in [1.82, 2.24) is 10.3 Å². The molecule has 1 aromatic heterocycles. The number of thiazole rings is 1. The molecule has 0 saturated heterocycles. The zero-order valence-corrected chi connectivity index (χ0v) is 11.1. The van der Waals surface area contributed by atoms with Crippen molar-refractivity contribution >= 4 is 11.3 Å². The molecule has 1 N–H and O–H groups in total. The molecular weight excluding hydrogens is 273 g/mol. The molecule has 6 heteroatoms. The Kier molecular flexibility index (Phi) is 4.21. The lowest BCUT2D eigenvalue weighted by Gasteiger charge is -2.06. The molecule has 0 unspecified atom stereocenters. The van der Waals surface area contributed by atoms with E-state index in [0.29, 0.717) is 5.56 Å². The Balaban J connectivity index is 2.16. The smallest absolute Gasteiger partial charge is 0.312 e. The number of rotatable bonds is 4. The zero-order valence-electron chi connectivity index (χ0n) is 10.3. The molecule has 1 aromatic carbocycles. The fourth-order valence-corrected chi connectivity index (χ4v) is 2.46. The van der Waals surface area contributed by atoms with Gasteiger partial charge >= 0.3 is 6.18 Å². The lowest BCUT2D eigenvalue weighted by molar-refractivity contribution is -0.137. The molecular formula is C13H13F3N2S. The molecule has 2 nitrogen and oxygen atoms in total. The van der Waals surface area contributed by atoms with Gasteiger partial charge < -0.3 is 5.32 Å². The largest absolute Gasteiger partial charge is 0.416 e. The zero-order chi connectivity index (χ0) is 13.9. The van der Waals surface area contributed by atoms with Gasteiger partial charge in [0.1, 0.15) is 5.01 Å². The highest BCUT2D eigenvalue weighted by atomic mass is 32.1. The fraction of sp³-hybridized carbons (Fsp3) is 0.308. The third-order valence-electron chi connectivity index (χ3n) is 2.56. The van der Waals surface area contributed by atoms with E-state index in [2.05, 4.69) is 10.3 Å². The molecule has 0 aliphatic carbocycles. The van der Waals surface area contributed by atoms with Crippen molar-refractivity contribution in [3.63, 3.8) is 0 Å². The van der Waals surface area contributed by atoms with E-state index in [0.717, 1.165) is 35.1 Å². The van der Waals surface area contributed by atoms with Crippen molar-refractivity contribution in [3.8, 4) is 10.6 Å². The van der Waals surface area contributed by atoms with E-state index >= 15 is 0 Å². The van der Waals surface area contributed by atoms with Crippen molar-refractivity contribution in [2.45, 2.75) is 19.6 Å². The SMILES string of the molecule is CCNCc1cnc(-c2ccc(C(F)(F)F)cc2)s1. The monoisotopic (exact) mass is 286 g/mol. The van der Waals surface area contributed by atoms with Crippen LogP contribution in [-0.2, 0) is 12.7 Å². The molecule has 0 bridgehead atoms. The number of alkyl halides is 3. The summed E-state index contributed by atoms with van der Waals surface area (Å²) in [6.07, 6.45) is -2.54. The van der Waals surface area contributed by atoms with E-state index < -0.39 is 11.7 Å². The molecule has 0 spiro atoms. The molecule has 1 heterocycles. The van der Waals surface area contributed by atoms with Crippen LogP contribution in [0.1, 0.15) is 17.4 Å². The summed E-state index contributed by atoms with van der Waals surface area (Å²) in [6, 6.07) is 5.08. The predicted molar refractivity (Wildman–Crippen MR) is 69.9 cm³/mol. The summed E-state index contributed by atoms with van der Waals surface area (Å²) in [5, 5.41) is 3.92. The molecule has 2 rings (SSSR count). The van der Waals surface area contributed by atoms with Crippen molar-refractivity contribution < 1.29 is 13.2 Å². The van der Waals surface area contributed by atoms with Crippen LogP contribution in [0.4, 0.5) is 13.2 Å². The summed E-state index contributed by atoms with van der Waals surface area (Å²) in [5.74, 6) is 0. The molecule has 0 aliphatic rings. The maximum atomic E-state index is 12.4. The Labute approximate surface area is 113 Å². The summed E-state index contributed by atoms with van der Waals surface area (Å²) in [5.41, 5.74) is 0.0708. The van der Waals surface area contributed by atoms with E-state index in [9.17, 15) is 13.2 Å². The standard InChI is InChI=1S/C13H13F3N2S/c1-2-17-7-11-8-18-12(19-11)9-3-5-10(6-4-9)13(14,15)16/h3-6,8,17H,2,7H2,1H3. The van der Waals surface area contributed by atoms with Gasteiger partial charge in [0.05, 0.1) is 5.56 Å². The van der Waals surface area contributed by atoms with Crippen LogP contribution in [0.2, 0.25) is 0 Å². The summed E-state index contributed by atoms with van der Waals surface area (Å²) >= 11 is 1.48. The molecule has 0 radical (unpaired) electrons. The van der Waals surface area contributed by atoms with Gasteiger partial charge in [-0.05, 0) is 18.7 Å². The molecule has 0 fully saturated rings. The van der Waals surface area contributed by atoms with Crippen LogP contribution in [0.3, 0.4) is 0 Å². The Morgan fingerprint density at radius 1 is 1.21 bits per heavy atom. The van der Waals surface area contributed by atoms with Crippen LogP contribution in [0.25, 0.3) is 10.6 Å². The van der Waals surface area contributed by atoms with Crippen LogP contribution >= 0.6 is 11.3 Å². The predicted octanol–water partition coefficient (Wildman–Crippen LogP) is 3.94. The van der Waals surface area contributed by atoms with Gasteiger partial charge in [0.25, 0.3) is 0 Å². The van der Waals surface area contributed by atoms with Gasteiger partial charge in [-0.25, -0.2) is 4.98 Å². The highest BCUT2D eigenvalue weighted by molar-refractivity contribution is 7.15. The van der Waals surface area contributed by atoms with Crippen LogP contribution in [0.5, 0.6) is 0 Å². The van der Waals surface area contributed by atoms with E-state index in [4.69, 9.17) is 0 Å². The first-order chi connectivity index (χ1) is 9.00. The topological polar surface area (TPSA) is 24.9 Å². The molecule has 102 valence electrons. The van der Waals surface area contributed by atoms with Crippen molar-refractivity contribution in [2.24, 2.45) is 0 Å². The average Bonchev–Trinajstić information content (AvgIpc) is 2.84. The van der Waals surface area contributed by atoms with Gasteiger partial charge in [-0.1, -0.05) is 19.1 Å². The van der Waals surface area contributed by atoms with Crippen LogP contribution in [-0.4, -0.2) is 11.5 Å². The summed E-state index contributed by atoms with van der Waals surface area (Å²) in [7, 11) is 0. The lowest BCUT2D eigenvalue weighted by atomic mass is 10.1. The molecule has 0 amide bonds. The number of hydrogen-bond donors (Lipinski definition) is 1. The van der Waals surface area contributed by atoms with Crippen molar-refractivity contribution in [3.05, 3.63) is 40.9 Å². The fourth-order valence-electron chi connectivity index (χ4n) is 1.57. The summed E-state index contributed by atoms with van der Waals surface area (Å²) in [6.45, 7) is 3.61. The average molecular weight is 286 g/mol. The number of benzene rings is 1. The Bertz CT molecular complexity index is 532. The number of halogens is 3. The Morgan fingerprint density at radius 3 is 2.47 bits per heavy atom. The van der Waals surface area contributed by atoms with E-state index in [1.807, 2.05) is 6.92 Å². The molecule has 0 aliphatic heterocycles. The number of nitrogens with one attached hydrogen (secondary N) is 1. The normalized spacial score (nSPS) is 11.8. The maximum absolute atomic E-state index is 12.4. The van der Waals surface area contributed by atoms with Gasteiger partial charge in [0, 0.05) is 23.2 Å². The van der Waals surface area contributed by atoms with E-state index in [-0.39, 0.29) is 0 Å². The quantitative estimate of drug-likeness (QED) is 0.921. The van der Waals surface area contributed by atoms with Gasteiger partial charge in [-0.3, -0.25) is 0 Å². The van der Waals surface area contributed by atoms with E-state index in [1.165, 1.54) is 23.5 Å². The maximum Gasteiger partial charge on any atom is 0.416 e. The number of aromatic nitrogens is 1. The highest BCUT2D eigenvalue weighted by Crippen LogP contribution is 2.32. The highest BCUT2D eigenvalue weighted by Gasteiger charge is 2.30. The first-order valence-corrected chi connectivity index (χ1v) is 6.65. The number of nitrogens with zero attached hydrogens (tertiary/aromatic N) is 1. The first kappa shape index (κ1) is 14.0. The third kappa shape index (κ3) is 3.54. The minimum absolute atomic E-state index is 0.638.